The van der Waals surface area contributed by atoms with Crippen molar-refractivity contribution in [1.29, 1.82) is 0 Å². The number of nitrogens with zero attached hydrogens (tertiary/aromatic N) is 3. The molecule has 0 radical (unpaired) electrons. The Morgan fingerprint density at radius 2 is 2.00 bits per heavy atom. The van der Waals surface area contributed by atoms with Gasteiger partial charge in [-0.2, -0.15) is 4.39 Å². The van der Waals surface area contributed by atoms with Gasteiger partial charge in [0.2, 0.25) is 5.95 Å². The van der Waals surface area contributed by atoms with Gasteiger partial charge in [-0.15, -0.1) is 0 Å². The zero-order valence-corrected chi connectivity index (χ0v) is 9.77. The number of likely N-dealkylation sites (N-methyl/N-ethyl adjacent to an activating group) is 2. The van der Waals surface area contributed by atoms with Gasteiger partial charge in [0.15, 0.2) is 0 Å². The van der Waals surface area contributed by atoms with Gasteiger partial charge in [0.1, 0.15) is 0 Å². The third kappa shape index (κ3) is 3.58. The predicted octanol–water partition coefficient (Wildman–Crippen LogP) is 0.854. The third-order valence-corrected chi connectivity index (χ3v) is 2.20. The molecule has 0 unspecified atom stereocenters. The Morgan fingerprint density at radius 1 is 1.31 bits per heavy atom. The Morgan fingerprint density at radius 3 is 2.50 bits per heavy atom. The highest BCUT2D eigenvalue weighted by molar-refractivity contribution is 5.93. The molecule has 1 aromatic heterocycles. The number of hydrogen-bond donors (Lipinski definition) is 0. The van der Waals surface area contributed by atoms with Crippen LogP contribution in [0.1, 0.15) is 10.4 Å². The molecule has 0 bridgehead atoms. The summed E-state index contributed by atoms with van der Waals surface area (Å²) in [6.45, 7) is 1.42. The van der Waals surface area contributed by atoms with Crippen molar-refractivity contribution in [2.24, 2.45) is 0 Å². The van der Waals surface area contributed by atoms with Gasteiger partial charge >= 0.3 is 0 Å². The molecule has 0 saturated carbocycles. The zero-order valence-electron chi connectivity index (χ0n) is 9.77. The number of halogens is 1. The van der Waals surface area contributed by atoms with E-state index in [0.29, 0.717) is 12.1 Å². The van der Waals surface area contributed by atoms with Crippen LogP contribution in [0, 0.1) is 5.95 Å². The molecule has 1 heterocycles. The Balaban J connectivity index is 2.60. The van der Waals surface area contributed by atoms with Gasteiger partial charge in [0.25, 0.3) is 5.91 Å². The Hall–Kier alpha value is -1.49. The van der Waals surface area contributed by atoms with Crippen LogP contribution < -0.4 is 0 Å². The van der Waals surface area contributed by atoms with Crippen LogP contribution in [0.15, 0.2) is 18.3 Å². The van der Waals surface area contributed by atoms with Crippen LogP contribution >= 0.6 is 0 Å². The van der Waals surface area contributed by atoms with Crippen molar-refractivity contribution in [3.8, 4) is 0 Å². The summed E-state index contributed by atoms with van der Waals surface area (Å²) in [6, 6.07) is 2.63. The minimum absolute atomic E-state index is 0.144. The van der Waals surface area contributed by atoms with Crippen molar-refractivity contribution >= 4 is 5.91 Å². The number of pyridine rings is 1. The van der Waals surface area contributed by atoms with Crippen molar-refractivity contribution in [1.82, 2.24) is 14.8 Å². The molecule has 88 valence electrons. The summed E-state index contributed by atoms with van der Waals surface area (Å²) in [4.78, 5) is 18.9. The molecule has 1 aromatic rings. The Labute approximate surface area is 94.7 Å². The average molecular weight is 225 g/mol. The van der Waals surface area contributed by atoms with Crippen LogP contribution in [-0.2, 0) is 0 Å². The molecule has 1 amide bonds. The molecule has 0 atom stereocenters. The number of rotatable bonds is 4. The van der Waals surface area contributed by atoms with E-state index in [-0.39, 0.29) is 5.91 Å². The quantitative estimate of drug-likeness (QED) is 0.713. The normalized spacial score (nSPS) is 10.6. The lowest BCUT2D eigenvalue weighted by Crippen LogP contribution is -2.33. The maximum atomic E-state index is 12.6. The van der Waals surface area contributed by atoms with E-state index in [2.05, 4.69) is 4.98 Å². The number of aromatic nitrogens is 1. The first-order valence-electron chi connectivity index (χ1n) is 5.02. The third-order valence-electron chi connectivity index (χ3n) is 2.20. The summed E-state index contributed by atoms with van der Waals surface area (Å²) in [6.07, 6.45) is 1.25. The molecule has 0 spiro atoms. The highest BCUT2D eigenvalue weighted by atomic mass is 19.1. The molecular weight excluding hydrogens is 209 g/mol. The van der Waals surface area contributed by atoms with Crippen molar-refractivity contribution in [2.75, 3.05) is 34.2 Å². The largest absolute Gasteiger partial charge is 0.340 e. The van der Waals surface area contributed by atoms with E-state index in [0.717, 1.165) is 6.54 Å². The monoisotopic (exact) mass is 225 g/mol. The number of amides is 1. The van der Waals surface area contributed by atoms with E-state index >= 15 is 0 Å². The van der Waals surface area contributed by atoms with Crippen LogP contribution in [0.2, 0.25) is 0 Å². The van der Waals surface area contributed by atoms with E-state index in [1.54, 1.807) is 11.9 Å². The standard InChI is InChI=1S/C11H16FN3O/c1-14(2)6-7-15(3)11(16)9-4-5-10(12)13-8-9/h4-5,8H,6-7H2,1-3H3. The first-order valence-corrected chi connectivity index (χ1v) is 5.02. The molecule has 0 aromatic carbocycles. The van der Waals surface area contributed by atoms with Crippen molar-refractivity contribution in [2.45, 2.75) is 0 Å². The fraction of sp³-hybridized carbons (Fsp3) is 0.455. The topological polar surface area (TPSA) is 36.4 Å². The fourth-order valence-electron chi connectivity index (χ4n) is 1.17. The zero-order chi connectivity index (χ0) is 12.1. The van der Waals surface area contributed by atoms with Crippen molar-refractivity contribution in [3.63, 3.8) is 0 Å². The number of hydrogen-bond acceptors (Lipinski definition) is 3. The summed E-state index contributed by atoms with van der Waals surface area (Å²) in [5.74, 6) is -0.721. The minimum atomic E-state index is -0.576. The molecule has 0 aliphatic rings. The highest BCUT2D eigenvalue weighted by Gasteiger charge is 2.11. The van der Waals surface area contributed by atoms with E-state index in [4.69, 9.17) is 0 Å². The van der Waals surface area contributed by atoms with Crippen LogP contribution in [0.3, 0.4) is 0 Å². The summed E-state index contributed by atoms with van der Waals surface area (Å²) >= 11 is 0. The fourth-order valence-corrected chi connectivity index (χ4v) is 1.17. The molecule has 4 nitrogen and oxygen atoms in total. The predicted molar refractivity (Wildman–Crippen MR) is 59.7 cm³/mol. The molecular formula is C11H16FN3O. The SMILES string of the molecule is CN(C)CCN(C)C(=O)c1ccc(F)nc1. The summed E-state index contributed by atoms with van der Waals surface area (Å²) in [5, 5.41) is 0. The van der Waals surface area contributed by atoms with Crippen LogP contribution in [0.5, 0.6) is 0 Å². The lowest BCUT2D eigenvalue weighted by atomic mass is 10.2. The summed E-state index contributed by atoms with van der Waals surface area (Å²) in [5.41, 5.74) is 0.405. The van der Waals surface area contributed by atoms with Gasteiger partial charge in [0, 0.05) is 26.3 Å². The Kier molecular flexibility index (Phi) is 4.37. The molecule has 0 N–H and O–H groups in total. The smallest absolute Gasteiger partial charge is 0.255 e. The number of carbonyl (C=O) groups excluding carboxylic acids is 1. The summed E-state index contributed by atoms with van der Waals surface area (Å²) < 4.78 is 12.6. The lowest BCUT2D eigenvalue weighted by molar-refractivity contribution is 0.0786. The van der Waals surface area contributed by atoms with Gasteiger partial charge in [-0.3, -0.25) is 4.79 Å². The van der Waals surface area contributed by atoms with E-state index in [9.17, 15) is 9.18 Å². The van der Waals surface area contributed by atoms with Gasteiger partial charge in [-0.25, -0.2) is 4.98 Å². The van der Waals surface area contributed by atoms with E-state index in [1.165, 1.54) is 18.3 Å². The molecule has 0 fully saturated rings. The first kappa shape index (κ1) is 12.6. The second kappa shape index (κ2) is 5.55. The Bertz CT molecular complexity index is 351. The minimum Gasteiger partial charge on any atom is -0.340 e. The average Bonchev–Trinajstić information content (AvgIpc) is 2.26. The van der Waals surface area contributed by atoms with Gasteiger partial charge in [0.05, 0.1) is 5.56 Å². The highest BCUT2D eigenvalue weighted by Crippen LogP contribution is 2.02. The molecule has 0 saturated heterocycles. The van der Waals surface area contributed by atoms with Gasteiger partial charge < -0.3 is 9.80 Å². The maximum absolute atomic E-state index is 12.6. The molecule has 16 heavy (non-hydrogen) atoms. The van der Waals surface area contributed by atoms with E-state index < -0.39 is 5.95 Å². The van der Waals surface area contributed by atoms with Crippen molar-refractivity contribution in [3.05, 3.63) is 29.8 Å². The molecule has 1 rings (SSSR count). The van der Waals surface area contributed by atoms with Gasteiger partial charge in [-0.1, -0.05) is 0 Å². The molecule has 0 aliphatic heterocycles. The first-order chi connectivity index (χ1) is 7.50. The maximum Gasteiger partial charge on any atom is 0.255 e. The lowest BCUT2D eigenvalue weighted by Gasteiger charge is -2.19. The summed E-state index contributed by atoms with van der Waals surface area (Å²) in [7, 11) is 5.60. The van der Waals surface area contributed by atoms with E-state index in [1.807, 2.05) is 19.0 Å². The van der Waals surface area contributed by atoms with Crippen LogP contribution in [0.4, 0.5) is 4.39 Å². The van der Waals surface area contributed by atoms with Crippen LogP contribution in [0.25, 0.3) is 0 Å². The van der Waals surface area contributed by atoms with Crippen LogP contribution in [-0.4, -0.2) is 54.9 Å². The second-order valence-electron chi connectivity index (χ2n) is 3.90. The number of carbonyl (C=O) groups is 1. The van der Waals surface area contributed by atoms with Crippen molar-refractivity contribution < 1.29 is 9.18 Å². The molecule has 5 heteroatoms. The second-order valence-corrected chi connectivity index (χ2v) is 3.90. The molecule has 0 aliphatic carbocycles. The van der Waals surface area contributed by atoms with Gasteiger partial charge in [-0.05, 0) is 26.2 Å².